The van der Waals surface area contributed by atoms with Gasteiger partial charge in [0.25, 0.3) is 0 Å². The molecule has 1 aliphatic heterocycles. The fourth-order valence-corrected chi connectivity index (χ4v) is 2.90. The summed E-state index contributed by atoms with van der Waals surface area (Å²) in [5.74, 6) is 0.953. The second-order valence-corrected chi connectivity index (χ2v) is 6.81. The first-order valence-corrected chi connectivity index (χ1v) is 8.83. The maximum Gasteiger partial charge on any atom is 0.224 e. The third kappa shape index (κ3) is 5.74. The van der Waals surface area contributed by atoms with Gasteiger partial charge in [0, 0.05) is 32.9 Å². The molecule has 6 nitrogen and oxygen atoms in total. The van der Waals surface area contributed by atoms with E-state index in [2.05, 4.69) is 25.2 Å². The van der Waals surface area contributed by atoms with Crippen molar-refractivity contribution in [1.82, 2.24) is 10.2 Å². The van der Waals surface area contributed by atoms with Crippen LogP contribution in [0.25, 0.3) is 0 Å². The predicted molar refractivity (Wildman–Crippen MR) is 95.5 cm³/mol. The summed E-state index contributed by atoms with van der Waals surface area (Å²) in [6.45, 7) is 6.80. The molecule has 0 aromatic heterocycles. The van der Waals surface area contributed by atoms with Crippen molar-refractivity contribution in [3.63, 3.8) is 0 Å². The smallest absolute Gasteiger partial charge is 0.224 e. The van der Waals surface area contributed by atoms with Gasteiger partial charge in [0.2, 0.25) is 11.8 Å². The van der Waals surface area contributed by atoms with Crippen molar-refractivity contribution in [2.75, 3.05) is 19.6 Å². The van der Waals surface area contributed by atoms with Crippen molar-refractivity contribution in [3.8, 4) is 5.75 Å². The zero-order valence-electron chi connectivity index (χ0n) is 15.2. The zero-order chi connectivity index (χ0) is 18.4. The van der Waals surface area contributed by atoms with Crippen LogP contribution >= 0.6 is 0 Å². The standard InChI is InChI=1S/C19H28N2O4/c1-13(2)15-5-4-6-16(11-15)25-18-8-10-21(12-17(18)23)19(24)7-9-20-14(3)22/h4-6,11,13,17-18,23H,7-10,12H2,1-3H3,(H,20,22)/t17-,18-/m1/s1. The molecular weight excluding hydrogens is 320 g/mol. The summed E-state index contributed by atoms with van der Waals surface area (Å²) >= 11 is 0. The summed E-state index contributed by atoms with van der Waals surface area (Å²) in [5, 5.41) is 13.0. The third-order valence-electron chi connectivity index (χ3n) is 4.40. The topological polar surface area (TPSA) is 78.9 Å². The number of aliphatic hydroxyl groups is 1. The van der Waals surface area contributed by atoms with E-state index in [1.807, 2.05) is 18.2 Å². The highest BCUT2D eigenvalue weighted by Gasteiger charge is 2.31. The number of ether oxygens (including phenoxy) is 1. The van der Waals surface area contributed by atoms with Crippen LogP contribution in [0.5, 0.6) is 5.75 Å². The number of carbonyl (C=O) groups is 2. The molecule has 0 spiro atoms. The molecule has 1 aromatic rings. The van der Waals surface area contributed by atoms with Gasteiger partial charge < -0.3 is 20.1 Å². The molecule has 2 N–H and O–H groups in total. The molecule has 138 valence electrons. The van der Waals surface area contributed by atoms with Crippen molar-refractivity contribution in [2.45, 2.75) is 51.7 Å². The van der Waals surface area contributed by atoms with Crippen molar-refractivity contribution in [3.05, 3.63) is 29.8 Å². The van der Waals surface area contributed by atoms with Crippen LogP contribution in [0.1, 0.15) is 45.1 Å². The van der Waals surface area contributed by atoms with Crippen LogP contribution in [-0.4, -0.2) is 53.7 Å². The van der Waals surface area contributed by atoms with E-state index in [1.165, 1.54) is 12.5 Å². The van der Waals surface area contributed by atoms with E-state index in [4.69, 9.17) is 4.74 Å². The summed E-state index contributed by atoms with van der Waals surface area (Å²) < 4.78 is 5.95. The van der Waals surface area contributed by atoms with E-state index >= 15 is 0 Å². The molecule has 25 heavy (non-hydrogen) atoms. The van der Waals surface area contributed by atoms with Crippen LogP contribution in [-0.2, 0) is 9.59 Å². The largest absolute Gasteiger partial charge is 0.488 e. The van der Waals surface area contributed by atoms with Crippen molar-refractivity contribution in [1.29, 1.82) is 0 Å². The molecule has 2 amide bonds. The average Bonchev–Trinajstić information content (AvgIpc) is 2.56. The first-order chi connectivity index (χ1) is 11.9. The number of hydrogen-bond acceptors (Lipinski definition) is 4. The molecule has 1 aromatic carbocycles. The molecule has 0 aliphatic carbocycles. The number of rotatable bonds is 6. The lowest BCUT2D eigenvalue weighted by Gasteiger charge is -2.36. The molecule has 2 rings (SSSR count). The minimum Gasteiger partial charge on any atom is -0.488 e. The maximum absolute atomic E-state index is 12.1. The number of aliphatic hydroxyl groups excluding tert-OH is 1. The van der Waals surface area contributed by atoms with E-state index in [1.54, 1.807) is 4.90 Å². The van der Waals surface area contributed by atoms with Crippen LogP contribution in [0.3, 0.4) is 0 Å². The number of piperidine rings is 1. The van der Waals surface area contributed by atoms with Gasteiger partial charge in [-0.05, 0) is 23.6 Å². The Bertz CT molecular complexity index is 603. The maximum atomic E-state index is 12.1. The molecular formula is C19H28N2O4. The molecule has 0 saturated carbocycles. The normalized spacial score (nSPS) is 20.4. The summed E-state index contributed by atoms with van der Waals surface area (Å²) in [6.07, 6.45) is -0.212. The lowest BCUT2D eigenvalue weighted by Crippen LogP contribution is -2.51. The fourth-order valence-electron chi connectivity index (χ4n) is 2.90. The highest BCUT2D eigenvalue weighted by Crippen LogP contribution is 2.24. The Hall–Kier alpha value is -2.08. The van der Waals surface area contributed by atoms with Gasteiger partial charge >= 0.3 is 0 Å². The lowest BCUT2D eigenvalue weighted by molar-refractivity contribution is -0.137. The molecule has 1 heterocycles. The van der Waals surface area contributed by atoms with E-state index in [-0.39, 0.29) is 30.9 Å². The van der Waals surface area contributed by atoms with E-state index in [0.717, 1.165) is 5.75 Å². The van der Waals surface area contributed by atoms with Gasteiger partial charge in [-0.25, -0.2) is 0 Å². The van der Waals surface area contributed by atoms with Crippen LogP contribution in [0.4, 0.5) is 0 Å². The Kier molecular flexibility index (Phi) is 6.82. The summed E-state index contributed by atoms with van der Waals surface area (Å²) in [7, 11) is 0. The lowest BCUT2D eigenvalue weighted by atomic mass is 10.0. The minimum atomic E-state index is -0.721. The van der Waals surface area contributed by atoms with Gasteiger partial charge in [0.15, 0.2) is 0 Å². The van der Waals surface area contributed by atoms with Crippen LogP contribution in [0.2, 0.25) is 0 Å². The molecule has 1 aliphatic rings. The number of nitrogens with zero attached hydrogens (tertiary/aromatic N) is 1. The Labute approximate surface area is 149 Å². The van der Waals surface area contributed by atoms with Crippen LogP contribution < -0.4 is 10.1 Å². The number of likely N-dealkylation sites (tertiary alicyclic amines) is 1. The number of β-amino-alcohol motifs (C(OH)–C–C–N with tert-alkyl or cyclic N) is 1. The van der Waals surface area contributed by atoms with Crippen molar-refractivity contribution < 1.29 is 19.4 Å². The third-order valence-corrected chi connectivity index (χ3v) is 4.40. The Morgan fingerprint density at radius 1 is 1.40 bits per heavy atom. The Morgan fingerprint density at radius 3 is 2.80 bits per heavy atom. The van der Waals surface area contributed by atoms with E-state index in [9.17, 15) is 14.7 Å². The molecule has 1 fully saturated rings. The summed E-state index contributed by atoms with van der Waals surface area (Å²) in [6, 6.07) is 7.91. The second-order valence-electron chi connectivity index (χ2n) is 6.81. The molecule has 0 radical (unpaired) electrons. The quantitative estimate of drug-likeness (QED) is 0.820. The van der Waals surface area contributed by atoms with Gasteiger partial charge in [-0.3, -0.25) is 9.59 Å². The number of hydrogen-bond donors (Lipinski definition) is 2. The van der Waals surface area contributed by atoms with Gasteiger partial charge in [0.05, 0.1) is 6.54 Å². The van der Waals surface area contributed by atoms with Crippen LogP contribution in [0, 0.1) is 0 Å². The molecule has 1 saturated heterocycles. The van der Waals surface area contributed by atoms with Gasteiger partial charge in [-0.15, -0.1) is 0 Å². The van der Waals surface area contributed by atoms with Gasteiger partial charge in [-0.2, -0.15) is 0 Å². The molecule has 0 bridgehead atoms. The second kappa shape index (κ2) is 8.85. The summed E-state index contributed by atoms with van der Waals surface area (Å²) in [5.41, 5.74) is 1.19. The zero-order valence-corrected chi connectivity index (χ0v) is 15.2. The first kappa shape index (κ1) is 19.2. The first-order valence-electron chi connectivity index (χ1n) is 8.83. The Balaban J connectivity index is 1.86. The van der Waals surface area contributed by atoms with Gasteiger partial charge in [0.1, 0.15) is 18.0 Å². The summed E-state index contributed by atoms with van der Waals surface area (Å²) in [4.78, 5) is 24.6. The number of carbonyl (C=O) groups excluding carboxylic acids is 2. The SMILES string of the molecule is CC(=O)NCCC(=O)N1CC[C@@H](Oc2cccc(C(C)C)c2)[C@H](O)C1. The predicted octanol–water partition coefficient (Wildman–Crippen LogP) is 1.68. The van der Waals surface area contributed by atoms with E-state index in [0.29, 0.717) is 25.4 Å². The van der Waals surface area contributed by atoms with E-state index < -0.39 is 6.10 Å². The fraction of sp³-hybridized carbons (Fsp3) is 0.579. The number of benzene rings is 1. The minimum absolute atomic E-state index is 0.0620. The van der Waals surface area contributed by atoms with Crippen molar-refractivity contribution >= 4 is 11.8 Å². The number of amides is 2. The highest BCUT2D eigenvalue weighted by molar-refractivity contribution is 5.78. The average molecular weight is 348 g/mol. The molecule has 2 atom stereocenters. The van der Waals surface area contributed by atoms with Crippen LogP contribution in [0.15, 0.2) is 24.3 Å². The van der Waals surface area contributed by atoms with Crippen molar-refractivity contribution in [2.24, 2.45) is 0 Å². The number of nitrogens with one attached hydrogen (secondary N) is 1. The highest BCUT2D eigenvalue weighted by atomic mass is 16.5. The molecule has 0 unspecified atom stereocenters. The van der Waals surface area contributed by atoms with Gasteiger partial charge in [-0.1, -0.05) is 26.0 Å². The molecule has 6 heteroatoms. The monoisotopic (exact) mass is 348 g/mol. The Morgan fingerprint density at radius 2 is 2.16 bits per heavy atom.